The van der Waals surface area contributed by atoms with Crippen molar-refractivity contribution in [1.82, 2.24) is 36.3 Å². The van der Waals surface area contributed by atoms with Crippen molar-refractivity contribution in [2.24, 2.45) is 0 Å². The minimum absolute atomic E-state index is 0.0325. The first kappa shape index (κ1) is 33.4. The number of aryl methyl sites for hydroxylation is 1. The minimum Gasteiger partial charge on any atom is -0.492 e. The fourth-order valence-electron chi connectivity index (χ4n) is 4.60. The normalized spacial score (nSPS) is 21.8. The van der Waals surface area contributed by atoms with Crippen LogP contribution >= 0.6 is 11.6 Å². The van der Waals surface area contributed by atoms with Gasteiger partial charge in [0.1, 0.15) is 29.6 Å². The predicted octanol–water partition coefficient (Wildman–Crippen LogP) is 0.103. The quantitative estimate of drug-likeness (QED) is 0.214. The second-order valence-corrected chi connectivity index (χ2v) is 11.1. The number of hydrogen-bond donors (Lipinski definition) is 6. The van der Waals surface area contributed by atoms with Crippen molar-refractivity contribution in [3.63, 3.8) is 0 Å². The van der Waals surface area contributed by atoms with Crippen molar-refractivity contribution in [3.8, 4) is 5.75 Å². The lowest BCUT2D eigenvalue weighted by molar-refractivity contribution is -0.135. The largest absolute Gasteiger partial charge is 0.492 e. The van der Waals surface area contributed by atoms with Crippen LogP contribution in [0.1, 0.15) is 41.9 Å². The van der Waals surface area contributed by atoms with Crippen LogP contribution in [0.4, 0.5) is 0 Å². The van der Waals surface area contributed by atoms with E-state index in [1.165, 1.54) is 32.0 Å². The zero-order valence-electron chi connectivity index (χ0n) is 24.8. The van der Waals surface area contributed by atoms with E-state index >= 15 is 0 Å². The van der Waals surface area contributed by atoms with Crippen LogP contribution in [0, 0.1) is 0 Å². The van der Waals surface area contributed by atoms with Gasteiger partial charge in [-0.2, -0.15) is 0 Å². The topological polar surface area (TPSA) is 197 Å². The van der Waals surface area contributed by atoms with Crippen LogP contribution in [0.2, 0.25) is 5.02 Å². The van der Waals surface area contributed by atoms with Crippen molar-refractivity contribution in [2.45, 2.75) is 70.1 Å². The smallest absolute Gasteiger partial charge is 0.252 e. The highest BCUT2D eigenvalue weighted by Gasteiger charge is 2.34. The van der Waals surface area contributed by atoms with E-state index in [-0.39, 0.29) is 30.2 Å². The molecule has 0 radical (unpaired) electrons. The van der Waals surface area contributed by atoms with Gasteiger partial charge in [-0.25, -0.2) is 0 Å². The standard InChI is InChI=1S/C30H36ClN7O7/c1-17(39)25-29(43)33-23(13-19-7-4-3-5-8-19)28(42)32-15-21-16-38(37-36-21)11-6-12-45-24-10-9-20(14-22(24)31)27(41)34-26(18(2)40)30(44)35-25/h3-5,7-10,14,16-18,23,25-26,39-40H,6,11-13,15H2,1-2H3,(H,32,42)(H,33,43)(H,34,41)(H,35,44)/t17-,18-,23-,25+,26+/m1/s1. The number of rotatable bonds is 4. The van der Waals surface area contributed by atoms with Gasteiger partial charge in [-0.15, -0.1) is 5.10 Å². The number of halogens is 1. The summed E-state index contributed by atoms with van der Waals surface area (Å²) in [6.07, 6.45) is -0.449. The lowest BCUT2D eigenvalue weighted by Crippen LogP contribution is -2.61. The molecule has 0 spiro atoms. The summed E-state index contributed by atoms with van der Waals surface area (Å²) in [5.41, 5.74) is 1.34. The first-order chi connectivity index (χ1) is 21.5. The van der Waals surface area contributed by atoms with Gasteiger partial charge < -0.3 is 36.2 Å². The van der Waals surface area contributed by atoms with Crippen LogP contribution in [0.25, 0.3) is 0 Å². The summed E-state index contributed by atoms with van der Waals surface area (Å²) in [5, 5.41) is 39.3. The molecule has 3 aromatic rings. The van der Waals surface area contributed by atoms with Gasteiger partial charge in [0.15, 0.2) is 0 Å². The van der Waals surface area contributed by atoms with Gasteiger partial charge >= 0.3 is 0 Å². The SMILES string of the molecule is C[C@@H](O)[C@@H]1NC(=O)c2ccc(c(Cl)c2)OCCCn2cc(nn2)CNC(=O)[C@@H](Cc2ccccc2)NC(=O)[C@H]([C@@H](C)O)NC1=O. The highest BCUT2D eigenvalue weighted by Crippen LogP contribution is 2.26. The number of carbonyl (C=O) groups is 4. The Kier molecular flexibility index (Phi) is 11.5. The zero-order chi connectivity index (χ0) is 32.5. The molecule has 2 aromatic carbocycles. The molecule has 1 aromatic heterocycles. The van der Waals surface area contributed by atoms with Crippen LogP contribution < -0.4 is 26.0 Å². The number of aliphatic hydroxyl groups excluding tert-OH is 2. The Morgan fingerprint density at radius 2 is 1.64 bits per heavy atom. The second kappa shape index (κ2) is 15.5. The summed E-state index contributed by atoms with van der Waals surface area (Å²) in [7, 11) is 0. The molecule has 5 rings (SSSR count). The molecule has 0 saturated heterocycles. The molecule has 0 fully saturated rings. The van der Waals surface area contributed by atoms with E-state index in [0.29, 0.717) is 24.4 Å². The number of aliphatic hydroxyl groups is 2. The number of aromatic nitrogens is 3. The molecule has 45 heavy (non-hydrogen) atoms. The third kappa shape index (κ3) is 9.23. The van der Waals surface area contributed by atoms with Crippen LogP contribution in [-0.4, -0.2) is 85.8 Å². The second-order valence-electron chi connectivity index (χ2n) is 10.7. The van der Waals surface area contributed by atoms with Crippen LogP contribution in [-0.2, 0) is 33.9 Å². The summed E-state index contributed by atoms with van der Waals surface area (Å²) >= 11 is 6.34. The molecule has 0 unspecified atom stereocenters. The third-order valence-electron chi connectivity index (χ3n) is 7.04. The fourth-order valence-corrected chi connectivity index (χ4v) is 4.83. The molecule has 0 saturated carbocycles. The summed E-state index contributed by atoms with van der Waals surface area (Å²) in [4.78, 5) is 53.0. The molecule has 6 N–H and O–H groups in total. The number of ether oxygens (including phenoxy) is 1. The average molecular weight is 642 g/mol. The number of nitrogens with one attached hydrogen (secondary N) is 4. The summed E-state index contributed by atoms with van der Waals surface area (Å²) in [6, 6.07) is 9.20. The average Bonchev–Trinajstić information content (AvgIpc) is 3.46. The summed E-state index contributed by atoms with van der Waals surface area (Å²) in [5.74, 6) is -2.69. The Hall–Kier alpha value is -4.53. The number of nitrogens with zero attached hydrogens (tertiary/aromatic N) is 3. The van der Waals surface area contributed by atoms with Crippen LogP contribution in [0.5, 0.6) is 5.75 Å². The Morgan fingerprint density at radius 3 is 2.33 bits per heavy atom. The molecule has 14 nitrogen and oxygen atoms in total. The first-order valence-electron chi connectivity index (χ1n) is 14.4. The van der Waals surface area contributed by atoms with Gasteiger partial charge in [0, 0.05) is 24.9 Å². The van der Waals surface area contributed by atoms with E-state index in [1.807, 2.05) is 6.07 Å². The minimum atomic E-state index is -1.53. The van der Waals surface area contributed by atoms with Crippen molar-refractivity contribution in [1.29, 1.82) is 0 Å². The first-order valence-corrected chi connectivity index (χ1v) is 14.8. The summed E-state index contributed by atoms with van der Waals surface area (Å²) < 4.78 is 7.35. The number of hydrogen-bond acceptors (Lipinski definition) is 9. The highest BCUT2D eigenvalue weighted by atomic mass is 35.5. The number of amides is 4. The van der Waals surface area contributed by atoms with Crippen molar-refractivity contribution >= 4 is 35.2 Å². The maximum absolute atomic E-state index is 13.4. The molecule has 5 atom stereocenters. The molecule has 0 aliphatic carbocycles. The fraction of sp³-hybridized carbons (Fsp3) is 0.400. The van der Waals surface area contributed by atoms with Gasteiger partial charge in [-0.1, -0.05) is 47.1 Å². The Morgan fingerprint density at radius 1 is 0.956 bits per heavy atom. The van der Waals surface area contributed by atoms with Crippen molar-refractivity contribution in [3.05, 3.63) is 76.6 Å². The van der Waals surface area contributed by atoms with E-state index in [9.17, 15) is 29.4 Å². The Bertz CT molecular complexity index is 1500. The molecule has 2 aliphatic heterocycles. The molecule has 3 heterocycles. The number of carbonyl (C=O) groups excluding carboxylic acids is 4. The van der Waals surface area contributed by atoms with Gasteiger partial charge in [0.25, 0.3) is 5.91 Å². The highest BCUT2D eigenvalue weighted by molar-refractivity contribution is 6.32. The molecule has 4 bridgehead atoms. The van der Waals surface area contributed by atoms with Crippen LogP contribution in [0.3, 0.4) is 0 Å². The predicted molar refractivity (Wildman–Crippen MR) is 162 cm³/mol. The molecule has 15 heteroatoms. The monoisotopic (exact) mass is 641 g/mol. The molecular weight excluding hydrogens is 606 g/mol. The van der Waals surface area contributed by atoms with E-state index in [1.54, 1.807) is 35.1 Å². The van der Waals surface area contributed by atoms with Crippen molar-refractivity contribution < 1.29 is 34.1 Å². The van der Waals surface area contributed by atoms with E-state index < -0.39 is 54.0 Å². The Balaban J connectivity index is 1.62. The maximum atomic E-state index is 13.4. The molecule has 2 aliphatic rings. The van der Waals surface area contributed by atoms with E-state index in [4.69, 9.17) is 16.3 Å². The lowest BCUT2D eigenvalue weighted by Gasteiger charge is -2.27. The van der Waals surface area contributed by atoms with Crippen LogP contribution in [0.15, 0.2) is 54.7 Å². The van der Waals surface area contributed by atoms with Gasteiger partial charge in [0.2, 0.25) is 17.7 Å². The molecule has 240 valence electrons. The molecule has 4 amide bonds. The zero-order valence-corrected chi connectivity index (χ0v) is 25.5. The van der Waals surface area contributed by atoms with Gasteiger partial charge in [0.05, 0.1) is 36.6 Å². The van der Waals surface area contributed by atoms with Gasteiger partial charge in [-0.05, 0) is 37.6 Å². The lowest BCUT2D eigenvalue weighted by atomic mass is 10.0. The number of fused-ring (bicyclic) bond motifs is 16. The molecular formula is C30H36ClN7O7. The Labute approximate surface area is 264 Å². The van der Waals surface area contributed by atoms with Gasteiger partial charge in [-0.3, -0.25) is 23.9 Å². The van der Waals surface area contributed by atoms with E-state index in [2.05, 4.69) is 31.6 Å². The van der Waals surface area contributed by atoms with E-state index in [0.717, 1.165) is 5.56 Å². The number of benzene rings is 2. The summed E-state index contributed by atoms with van der Waals surface area (Å²) in [6.45, 7) is 3.36. The maximum Gasteiger partial charge on any atom is 0.252 e. The van der Waals surface area contributed by atoms with Crippen molar-refractivity contribution in [2.75, 3.05) is 6.61 Å². The third-order valence-corrected chi connectivity index (χ3v) is 7.34.